The van der Waals surface area contributed by atoms with Crippen LogP contribution in [0.1, 0.15) is 63.7 Å². The van der Waals surface area contributed by atoms with Gasteiger partial charge in [-0.05, 0) is 76.8 Å². The van der Waals surface area contributed by atoms with Crippen molar-refractivity contribution in [2.24, 2.45) is 0 Å². The average Bonchev–Trinajstić information content (AvgIpc) is 2.90. The Hall–Kier alpha value is -4.06. The molecule has 200 valence electrons. The second kappa shape index (κ2) is 14.6. The van der Waals surface area contributed by atoms with Gasteiger partial charge in [-0.1, -0.05) is 54.5 Å². The van der Waals surface area contributed by atoms with E-state index in [9.17, 15) is 9.59 Å². The Labute approximate surface area is 224 Å². The maximum absolute atomic E-state index is 12.9. The molecule has 0 aliphatic rings. The third-order valence-electron chi connectivity index (χ3n) is 5.70. The number of benzene rings is 2. The molecule has 0 bridgehead atoms. The van der Waals surface area contributed by atoms with Crippen LogP contribution in [-0.2, 0) is 0 Å². The molecule has 0 unspecified atom stereocenters. The molecule has 6 nitrogen and oxygen atoms in total. The number of carbonyl (C=O) groups excluding carboxylic acids is 1. The quantitative estimate of drug-likeness (QED) is 0.0998. The lowest BCUT2D eigenvalue weighted by Crippen LogP contribution is -2.15. The van der Waals surface area contributed by atoms with Gasteiger partial charge in [-0.15, -0.1) is 0 Å². The van der Waals surface area contributed by atoms with Crippen LogP contribution in [0, 0.1) is 0 Å². The normalized spacial score (nSPS) is 11.5. The monoisotopic (exact) mass is 516 g/mol. The minimum atomic E-state index is -0.722. The minimum absolute atomic E-state index is 0.0335. The van der Waals surface area contributed by atoms with E-state index in [4.69, 9.17) is 18.6 Å². The summed E-state index contributed by atoms with van der Waals surface area (Å²) in [7, 11) is 0. The van der Waals surface area contributed by atoms with Gasteiger partial charge in [0.1, 0.15) is 17.9 Å². The van der Waals surface area contributed by atoms with Crippen molar-refractivity contribution in [1.29, 1.82) is 0 Å². The molecule has 0 amide bonds. The minimum Gasteiger partial charge on any atom is -0.489 e. The molecule has 0 aliphatic carbocycles. The highest BCUT2D eigenvalue weighted by atomic mass is 16.6. The van der Waals surface area contributed by atoms with Crippen LogP contribution in [0.25, 0.3) is 11.0 Å². The highest BCUT2D eigenvalue weighted by Crippen LogP contribution is 2.35. The number of hydrogen-bond acceptors (Lipinski definition) is 6. The van der Waals surface area contributed by atoms with E-state index >= 15 is 0 Å². The summed E-state index contributed by atoms with van der Waals surface area (Å²) in [5, 5.41) is 0.439. The van der Waals surface area contributed by atoms with E-state index in [0.717, 1.165) is 19.3 Å². The number of carbonyl (C=O) groups is 1. The fraction of sp³-hybridized carbons (Fsp3) is 0.312. The van der Waals surface area contributed by atoms with Gasteiger partial charge in [-0.3, -0.25) is 0 Å². The molecule has 0 radical (unpaired) electrons. The Morgan fingerprint density at radius 2 is 1.71 bits per heavy atom. The molecule has 3 rings (SSSR count). The number of fused-ring (bicyclic) bond motifs is 1. The van der Waals surface area contributed by atoms with Gasteiger partial charge in [-0.2, -0.15) is 0 Å². The van der Waals surface area contributed by atoms with Crippen LogP contribution in [0.15, 0.2) is 93.2 Å². The molecule has 1 aromatic heterocycles. The first-order valence-electron chi connectivity index (χ1n) is 13.0. The molecule has 0 N–H and O–H groups in total. The Balaban J connectivity index is 1.85. The Kier molecular flexibility index (Phi) is 11.0. The zero-order valence-corrected chi connectivity index (χ0v) is 22.6. The van der Waals surface area contributed by atoms with Crippen molar-refractivity contribution in [2.75, 3.05) is 13.2 Å². The SMILES string of the molecule is CCC=CCCOc1c(OC(=O)c2ccccc2)c2ccc(OCC=C(C)CCC=C(C)C)cc2oc1=O. The molecule has 0 fully saturated rings. The van der Waals surface area contributed by atoms with Gasteiger partial charge >= 0.3 is 11.6 Å². The van der Waals surface area contributed by atoms with Crippen LogP contribution in [0.2, 0.25) is 0 Å². The summed E-state index contributed by atoms with van der Waals surface area (Å²) in [5.41, 5.74) is 2.42. The van der Waals surface area contributed by atoms with Crippen molar-refractivity contribution in [2.45, 2.75) is 53.4 Å². The first kappa shape index (κ1) is 28.5. The fourth-order valence-electron chi connectivity index (χ4n) is 3.66. The molecule has 1 heterocycles. The van der Waals surface area contributed by atoms with Crippen molar-refractivity contribution in [1.82, 2.24) is 0 Å². The fourth-order valence-corrected chi connectivity index (χ4v) is 3.66. The van der Waals surface area contributed by atoms with Gasteiger partial charge in [-0.25, -0.2) is 9.59 Å². The third-order valence-corrected chi connectivity index (χ3v) is 5.70. The largest absolute Gasteiger partial charge is 0.489 e. The summed E-state index contributed by atoms with van der Waals surface area (Å²) >= 11 is 0. The average molecular weight is 517 g/mol. The molecule has 0 aliphatic heterocycles. The molecule has 0 saturated carbocycles. The molecule has 0 atom stereocenters. The molecule has 6 heteroatoms. The maximum Gasteiger partial charge on any atom is 0.383 e. The van der Waals surface area contributed by atoms with Crippen LogP contribution >= 0.6 is 0 Å². The molecule has 0 spiro atoms. The number of ether oxygens (including phenoxy) is 3. The predicted molar refractivity (Wildman–Crippen MR) is 151 cm³/mol. The first-order valence-corrected chi connectivity index (χ1v) is 13.0. The van der Waals surface area contributed by atoms with Gasteiger partial charge in [0.05, 0.1) is 17.6 Å². The number of esters is 1. The smallest absolute Gasteiger partial charge is 0.383 e. The second-order valence-corrected chi connectivity index (χ2v) is 9.16. The van der Waals surface area contributed by atoms with E-state index in [0.29, 0.717) is 29.7 Å². The molecular formula is C32H36O6. The predicted octanol–water partition coefficient (Wildman–Crippen LogP) is 7.82. The topological polar surface area (TPSA) is 75.0 Å². The summed E-state index contributed by atoms with van der Waals surface area (Å²) in [4.78, 5) is 25.8. The number of allylic oxidation sites excluding steroid dienone is 4. The van der Waals surface area contributed by atoms with Crippen molar-refractivity contribution >= 4 is 16.9 Å². The van der Waals surface area contributed by atoms with Crippen LogP contribution < -0.4 is 19.8 Å². The summed E-state index contributed by atoms with van der Waals surface area (Å²) < 4.78 is 22.9. The Bertz CT molecular complexity index is 1360. The third kappa shape index (κ3) is 8.51. The van der Waals surface area contributed by atoms with E-state index in [-0.39, 0.29) is 23.7 Å². The molecule has 2 aromatic carbocycles. The molecule has 0 saturated heterocycles. The number of hydrogen-bond donors (Lipinski definition) is 0. The molecular weight excluding hydrogens is 480 g/mol. The zero-order chi connectivity index (χ0) is 27.3. The van der Waals surface area contributed by atoms with Crippen molar-refractivity contribution in [3.05, 3.63) is 100.0 Å². The molecule has 3 aromatic rings. The van der Waals surface area contributed by atoms with Crippen LogP contribution in [0.5, 0.6) is 17.2 Å². The van der Waals surface area contributed by atoms with Crippen molar-refractivity contribution < 1.29 is 23.4 Å². The highest BCUT2D eigenvalue weighted by Gasteiger charge is 2.22. The van der Waals surface area contributed by atoms with Gasteiger partial charge in [0.15, 0.2) is 5.75 Å². The summed E-state index contributed by atoms with van der Waals surface area (Å²) in [5.74, 6) is -0.156. The lowest BCUT2D eigenvalue weighted by atomic mass is 10.1. The Morgan fingerprint density at radius 1 is 0.921 bits per heavy atom. The van der Waals surface area contributed by atoms with E-state index in [1.54, 1.807) is 42.5 Å². The lowest BCUT2D eigenvalue weighted by molar-refractivity contribution is 0.0729. The van der Waals surface area contributed by atoms with Gasteiger partial charge < -0.3 is 18.6 Å². The lowest BCUT2D eigenvalue weighted by Gasteiger charge is -2.13. The van der Waals surface area contributed by atoms with Crippen molar-refractivity contribution in [3.63, 3.8) is 0 Å². The van der Waals surface area contributed by atoms with E-state index < -0.39 is 11.6 Å². The Morgan fingerprint density at radius 3 is 2.45 bits per heavy atom. The van der Waals surface area contributed by atoms with Crippen molar-refractivity contribution in [3.8, 4) is 17.2 Å². The maximum atomic E-state index is 12.9. The van der Waals surface area contributed by atoms with E-state index in [1.807, 2.05) is 31.2 Å². The number of rotatable bonds is 13. The van der Waals surface area contributed by atoms with E-state index in [1.165, 1.54) is 11.1 Å². The van der Waals surface area contributed by atoms with E-state index in [2.05, 4.69) is 26.8 Å². The second-order valence-electron chi connectivity index (χ2n) is 9.16. The molecule has 38 heavy (non-hydrogen) atoms. The van der Waals surface area contributed by atoms with Crippen LogP contribution in [0.4, 0.5) is 0 Å². The van der Waals surface area contributed by atoms with Gasteiger partial charge in [0, 0.05) is 6.07 Å². The van der Waals surface area contributed by atoms with Gasteiger partial charge in [0.25, 0.3) is 0 Å². The van der Waals surface area contributed by atoms with Crippen LogP contribution in [0.3, 0.4) is 0 Å². The standard InChI is InChI=1S/C32H36O6/c1-5-6-7-11-20-36-30-29(38-31(33)25-15-9-8-10-16-25)27-18-17-26(22-28(27)37-32(30)34)35-21-19-24(4)14-12-13-23(2)3/h6-10,13,15-19,22H,5,11-12,14,20-21H2,1-4H3. The highest BCUT2D eigenvalue weighted by molar-refractivity contribution is 5.95. The first-order chi connectivity index (χ1) is 18.4. The zero-order valence-electron chi connectivity index (χ0n) is 22.6. The summed E-state index contributed by atoms with van der Waals surface area (Å²) in [6.45, 7) is 8.93. The summed E-state index contributed by atoms with van der Waals surface area (Å²) in [6, 6.07) is 13.7. The van der Waals surface area contributed by atoms with Crippen LogP contribution in [-0.4, -0.2) is 19.2 Å². The van der Waals surface area contributed by atoms with Gasteiger partial charge in [0.2, 0.25) is 5.75 Å². The summed E-state index contributed by atoms with van der Waals surface area (Å²) in [6.07, 6.45) is 11.7.